The number of pyridine rings is 2. The molecule has 12 heteroatoms. The Hall–Kier alpha value is -5.23. The minimum absolute atomic E-state index is 0.0102. The predicted molar refractivity (Wildman–Crippen MR) is 175 cm³/mol. The molecule has 0 spiro atoms. The van der Waals surface area contributed by atoms with Crippen LogP contribution in [0.15, 0.2) is 61.1 Å². The molecule has 2 aromatic carbocycles. The van der Waals surface area contributed by atoms with E-state index in [2.05, 4.69) is 35.8 Å². The molecule has 1 aliphatic carbocycles. The van der Waals surface area contributed by atoms with E-state index in [1.807, 2.05) is 31.1 Å². The fourth-order valence-electron chi connectivity index (χ4n) is 6.04. The highest BCUT2D eigenvalue weighted by molar-refractivity contribution is 5.98. The van der Waals surface area contributed by atoms with E-state index < -0.39 is 11.6 Å². The number of hydrogen-bond acceptors (Lipinski definition) is 7. The van der Waals surface area contributed by atoms with Gasteiger partial charge in [-0.3, -0.25) is 19.9 Å². The van der Waals surface area contributed by atoms with Gasteiger partial charge in [-0.25, -0.2) is 13.8 Å². The van der Waals surface area contributed by atoms with E-state index in [0.29, 0.717) is 68.2 Å². The van der Waals surface area contributed by atoms with Gasteiger partial charge in [0.05, 0.1) is 23.1 Å². The molecule has 0 atom stereocenters. The summed E-state index contributed by atoms with van der Waals surface area (Å²) in [4.78, 5) is 31.7. The maximum absolute atomic E-state index is 15.4. The van der Waals surface area contributed by atoms with Crippen LogP contribution in [0, 0.1) is 17.6 Å². The number of benzene rings is 2. The molecule has 1 fully saturated rings. The standard InChI is InChI=1S/C34H33F2N9O/c1-45(2)10-9-38-24-12-21(11-23(35)16-24)29-32-28(7-8-39-29)41-33(42-32)31-26-14-20(15-27(36)30(26)43-44-31)22-13-25(18-37-17-22)40-34(46)19-5-3-4-6-19/h7-8,11-19,38H,3-6,9-10H2,1-2H3,(H,40,46)(H,41,42)(H,43,44). The van der Waals surface area contributed by atoms with E-state index in [0.717, 1.165) is 32.2 Å². The molecule has 0 radical (unpaired) electrons. The third-order valence-corrected chi connectivity index (χ3v) is 8.37. The Bertz CT molecular complexity index is 2060. The number of halogens is 2. The lowest BCUT2D eigenvalue weighted by Crippen LogP contribution is -2.20. The first-order valence-corrected chi connectivity index (χ1v) is 15.3. The number of H-pyrrole nitrogens is 2. The van der Waals surface area contributed by atoms with Crippen molar-refractivity contribution in [2.45, 2.75) is 25.7 Å². The molecule has 4 N–H and O–H groups in total. The molecular formula is C34H33F2N9O. The lowest BCUT2D eigenvalue weighted by atomic mass is 10.0. The van der Waals surface area contributed by atoms with Crippen molar-refractivity contribution in [1.82, 2.24) is 35.0 Å². The number of hydrogen-bond donors (Lipinski definition) is 4. The zero-order valence-electron chi connectivity index (χ0n) is 25.5. The number of rotatable bonds is 9. The summed E-state index contributed by atoms with van der Waals surface area (Å²) in [5, 5.41) is 13.9. The highest BCUT2D eigenvalue weighted by Gasteiger charge is 2.23. The molecule has 4 aromatic heterocycles. The SMILES string of the molecule is CN(C)CCNc1cc(F)cc(-c2nccc3[nH]c(-c4[nH]nc5c(F)cc(-c6cncc(NC(=O)C7CCCC7)c6)cc45)nc23)c1. The second kappa shape index (κ2) is 12.3. The Balaban J connectivity index is 1.23. The average molecular weight is 622 g/mol. The van der Waals surface area contributed by atoms with Crippen molar-refractivity contribution >= 4 is 39.2 Å². The molecule has 1 saturated carbocycles. The van der Waals surface area contributed by atoms with Crippen LogP contribution in [0.3, 0.4) is 0 Å². The van der Waals surface area contributed by atoms with Gasteiger partial charge in [0.15, 0.2) is 11.6 Å². The largest absolute Gasteiger partial charge is 0.384 e. The molecular weight excluding hydrogens is 588 g/mol. The first-order chi connectivity index (χ1) is 22.3. The van der Waals surface area contributed by atoms with E-state index in [4.69, 9.17) is 4.98 Å². The normalized spacial score (nSPS) is 13.7. The molecule has 6 aromatic rings. The number of aromatic amines is 2. The summed E-state index contributed by atoms with van der Waals surface area (Å²) in [6.07, 6.45) is 8.77. The Kier molecular flexibility index (Phi) is 7.87. The van der Waals surface area contributed by atoms with E-state index in [-0.39, 0.29) is 17.3 Å². The number of aromatic nitrogens is 6. The van der Waals surface area contributed by atoms with E-state index in [9.17, 15) is 9.18 Å². The lowest BCUT2D eigenvalue weighted by molar-refractivity contribution is -0.119. The number of likely N-dealkylation sites (N-methyl/N-ethyl adjacent to an activating group) is 1. The third-order valence-electron chi connectivity index (χ3n) is 8.37. The molecule has 46 heavy (non-hydrogen) atoms. The molecule has 4 heterocycles. The monoisotopic (exact) mass is 621 g/mol. The first kappa shape index (κ1) is 29.5. The Labute approximate surface area is 263 Å². The molecule has 10 nitrogen and oxygen atoms in total. The van der Waals surface area contributed by atoms with Gasteiger partial charge < -0.3 is 20.5 Å². The van der Waals surface area contributed by atoms with Crippen LogP contribution in [0.2, 0.25) is 0 Å². The van der Waals surface area contributed by atoms with Crippen molar-refractivity contribution in [3.63, 3.8) is 0 Å². The molecule has 1 amide bonds. The minimum Gasteiger partial charge on any atom is -0.384 e. The Morgan fingerprint density at radius 2 is 1.80 bits per heavy atom. The lowest BCUT2D eigenvalue weighted by Gasteiger charge is -2.12. The third kappa shape index (κ3) is 5.91. The number of carbonyl (C=O) groups excluding carboxylic acids is 1. The van der Waals surface area contributed by atoms with Crippen LogP contribution in [0.1, 0.15) is 25.7 Å². The minimum atomic E-state index is -0.511. The summed E-state index contributed by atoms with van der Waals surface area (Å²) in [6.45, 7) is 1.45. The Morgan fingerprint density at radius 1 is 0.978 bits per heavy atom. The van der Waals surface area contributed by atoms with Crippen LogP contribution in [0.5, 0.6) is 0 Å². The zero-order chi connectivity index (χ0) is 31.8. The number of amides is 1. The van der Waals surface area contributed by atoms with Crippen molar-refractivity contribution in [2.75, 3.05) is 37.8 Å². The van der Waals surface area contributed by atoms with Crippen LogP contribution in [0.25, 0.3) is 55.8 Å². The smallest absolute Gasteiger partial charge is 0.227 e. The molecule has 234 valence electrons. The van der Waals surface area contributed by atoms with Gasteiger partial charge >= 0.3 is 0 Å². The number of nitrogens with one attached hydrogen (secondary N) is 4. The van der Waals surface area contributed by atoms with E-state index in [1.54, 1.807) is 30.7 Å². The molecule has 0 saturated heterocycles. The van der Waals surface area contributed by atoms with Gasteiger partial charge in [-0.05, 0) is 75.0 Å². The average Bonchev–Trinajstić information content (AvgIpc) is 3.81. The zero-order valence-corrected chi connectivity index (χ0v) is 25.5. The number of fused-ring (bicyclic) bond motifs is 2. The van der Waals surface area contributed by atoms with Crippen LogP contribution < -0.4 is 10.6 Å². The van der Waals surface area contributed by atoms with Crippen molar-refractivity contribution in [3.05, 3.63) is 72.7 Å². The van der Waals surface area contributed by atoms with Crippen molar-refractivity contribution in [3.8, 4) is 33.9 Å². The summed E-state index contributed by atoms with van der Waals surface area (Å²) < 4.78 is 30.1. The van der Waals surface area contributed by atoms with Crippen LogP contribution >= 0.6 is 0 Å². The van der Waals surface area contributed by atoms with Gasteiger partial charge in [0.25, 0.3) is 0 Å². The molecule has 0 aliphatic heterocycles. The van der Waals surface area contributed by atoms with E-state index >= 15 is 4.39 Å². The molecule has 1 aliphatic rings. The fraction of sp³-hybridized carbons (Fsp3) is 0.265. The van der Waals surface area contributed by atoms with Gasteiger partial charge in [0.2, 0.25) is 5.91 Å². The molecule has 7 rings (SSSR count). The number of imidazole rings is 1. The molecule has 0 unspecified atom stereocenters. The topological polar surface area (TPSA) is 128 Å². The van der Waals surface area contributed by atoms with Gasteiger partial charge in [0.1, 0.15) is 22.5 Å². The summed E-state index contributed by atoms with van der Waals surface area (Å²) in [5.74, 6) is -0.469. The molecule has 0 bridgehead atoms. The number of carbonyl (C=O) groups is 1. The maximum Gasteiger partial charge on any atom is 0.227 e. The van der Waals surface area contributed by atoms with Crippen molar-refractivity contribution in [1.29, 1.82) is 0 Å². The van der Waals surface area contributed by atoms with Gasteiger partial charge in [-0.1, -0.05) is 12.8 Å². The van der Waals surface area contributed by atoms with Crippen LogP contribution in [-0.2, 0) is 4.79 Å². The highest BCUT2D eigenvalue weighted by atomic mass is 19.1. The van der Waals surface area contributed by atoms with Crippen molar-refractivity contribution < 1.29 is 13.6 Å². The highest BCUT2D eigenvalue weighted by Crippen LogP contribution is 2.35. The Morgan fingerprint density at radius 3 is 2.63 bits per heavy atom. The summed E-state index contributed by atoms with van der Waals surface area (Å²) >= 11 is 0. The van der Waals surface area contributed by atoms with Crippen molar-refractivity contribution in [2.24, 2.45) is 5.92 Å². The van der Waals surface area contributed by atoms with Gasteiger partial charge in [-0.2, -0.15) is 5.10 Å². The summed E-state index contributed by atoms with van der Waals surface area (Å²) in [5.41, 5.74) is 5.38. The fourth-order valence-corrected chi connectivity index (χ4v) is 6.04. The van der Waals surface area contributed by atoms with E-state index in [1.165, 1.54) is 18.2 Å². The number of nitrogens with zero attached hydrogens (tertiary/aromatic N) is 5. The maximum atomic E-state index is 15.4. The second-order valence-electron chi connectivity index (χ2n) is 12.0. The van der Waals surface area contributed by atoms with Crippen LogP contribution in [0.4, 0.5) is 20.2 Å². The second-order valence-corrected chi connectivity index (χ2v) is 12.0. The quantitative estimate of drug-likeness (QED) is 0.143. The summed E-state index contributed by atoms with van der Waals surface area (Å²) in [6, 6.07) is 11.5. The van der Waals surface area contributed by atoms with Gasteiger partial charge in [0, 0.05) is 53.6 Å². The predicted octanol–water partition coefficient (Wildman–Crippen LogP) is 6.61. The van der Waals surface area contributed by atoms with Gasteiger partial charge in [-0.15, -0.1) is 0 Å². The number of anilines is 2. The summed E-state index contributed by atoms with van der Waals surface area (Å²) in [7, 11) is 3.95. The first-order valence-electron chi connectivity index (χ1n) is 15.3. The van der Waals surface area contributed by atoms with Crippen LogP contribution in [-0.4, -0.2) is 68.1 Å².